The standard InChI is InChI=1S/C6H7BrNO2.C2H6/c1-10-5-2-3-6(7)8(9)4-5;1-2/h2-4,9H,1H3;1-2H3/q+1;. The monoisotopic (exact) mass is 234 g/mol. The fraction of sp³-hybridized carbons (Fsp3) is 0.375. The van der Waals surface area contributed by atoms with Crippen LogP contribution in [-0.2, 0) is 0 Å². The van der Waals surface area contributed by atoms with Crippen LogP contribution in [0.4, 0.5) is 0 Å². The molecule has 0 unspecified atom stereocenters. The van der Waals surface area contributed by atoms with Gasteiger partial charge in [-0.15, -0.1) is 0 Å². The van der Waals surface area contributed by atoms with E-state index in [9.17, 15) is 0 Å². The number of halogens is 1. The van der Waals surface area contributed by atoms with E-state index in [1.807, 2.05) is 13.8 Å². The molecule has 0 aliphatic carbocycles. The third-order valence-electron chi connectivity index (χ3n) is 1.09. The number of rotatable bonds is 1. The maximum absolute atomic E-state index is 9.02. The van der Waals surface area contributed by atoms with Crippen LogP contribution in [0, 0.1) is 0 Å². The molecule has 0 aliphatic heterocycles. The zero-order valence-corrected chi connectivity index (χ0v) is 9.00. The molecule has 0 amide bonds. The van der Waals surface area contributed by atoms with E-state index >= 15 is 0 Å². The number of aromatic nitrogens is 1. The van der Waals surface area contributed by atoms with Crippen LogP contribution in [0.5, 0.6) is 5.75 Å². The van der Waals surface area contributed by atoms with Gasteiger partial charge in [-0.25, -0.2) is 0 Å². The molecule has 0 saturated heterocycles. The first kappa shape index (κ1) is 11.2. The summed E-state index contributed by atoms with van der Waals surface area (Å²) in [6, 6.07) is 3.44. The molecule has 1 rings (SSSR count). The van der Waals surface area contributed by atoms with Crippen LogP contribution in [0.15, 0.2) is 22.9 Å². The van der Waals surface area contributed by atoms with Gasteiger partial charge >= 0.3 is 0 Å². The van der Waals surface area contributed by atoms with Crippen molar-refractivity contribution in [3.63, 3.8) is 0 Å². The maximum Gasteiger partial charge on any atom is 0.298 e. The Morgan fingerprint density at radius 3 is 2.42 bits per heavy atom. The summed E-state index contributed by atoms with van der Waals surface area (Å²) in [5, 5.41) is 9.02. The molecule has 1 N–H and O–H groups in total. The summed E-state index contributed by atoms with van der Waals surface area (Å²) in [7, 11) is 1.54. The summed E-state index contributed by atoms with van der Waals surface area (Å²) in [6.45, 7) is 4.00. The van der Waals surface area contributed by atoms with Gasteiger partial charge in [-0.05, 0) is 6.07 Å². The van der Waals surface area contributed by atoms with Crippen molar-refractivity contribution < 1.29 is 14.7 Å². The lowest BCUT2D eigenvalue weighted by Gasteiger charge is -1.93. The highest BCUT2D eigenvalue weighted by Gasteiger charge is 2.06. The highest BCUT2D eigenvalue weighted by molar-refractivity contribution is 9.10. The second kappa shape index (κ2) is 5.83. The van der Waals surface area contributed by atoms with Gasteiger partial charge in [0.1, 0.15) is 0 Å². The van der Waals surface area contributed by atoms with Crippen molar-refractivity contribution in [3.05, 3.63) is 22.9 Å². The molecule has 1 heterocycles. The van der Waals surface area contributed by atoms with E-state index < -0.39 is 0 Å². The predicted octanol–water partition coefficient (Wildman–Crippen LogP) is 2.01. The summed E-state index contributed by atoms with van der Waals surface area (Å²) < 4.78 is 6.38. The van der Waals surface area contributed by atoms with E-state index in [-0.39, 0.29) is 0 Å². The molecule has 0 bridgehead atoms. The topological polar surface area (TPSA) is 33.3 Å². The van der Waals surface area contributed by atoms with Crippen molar-refractivity contribution in [1.29, 1.82) is 0 Å². The minimum Gasteiger partial charge on any atom is -0.491 e. The fourth-order valence-electron chi connectivity index (χ4n) is 0.573. The number of hydrogen-bond donors (Lipinski definition) is 1. The van der Waals surface area contributed by atoms with Crippen LogP contribution < -0.4 is 9.47 Å². The third-order valence-corrected chi connectivity index (χ3v) is 1.72. The van der Waals surface area contributed by atoms with Crippen LogP contribution in [-0.4, -0.2) is 12.3 Å². The first-order chi connectivity index (χ1) is 5.74. The number of nitrogens with zero attached hydrogens (tertiary/aromatic N) is 1. The molecule has 0 fully saturated rings. The van der Waals surface area contributed by atoms with Crippen molar-refractivity contribution in [3.8, 4) is 5.75 Å². The second-order valence-corrected chi connectivity index (χ2v) is 2.55. The summed E-state index contributed by atoms with van der Waals surface area (Å²) in [6.07, 6.45) is 1.46. The van der Waals surface area contributed by atoms with E-state index in [4.69, 9.17) is 9.94 Å². The van der Waals surface area contributed by atoms with Crippen molar-refractivity contribution in [1.82, 2.24) is 0 Å². The molecule has 1 aromatic heterocycles. The van der Waals surface area contributed by atoms with Crippen LogP contribution >= 0.6 is 15.9 Å². The van der Waals surface area contributed by atoms with Gasteiger partial charge in [0.2, 0.25) is 0 Å². The lowest BCUT2D eigenvalue weighted by Crippen LogP contribution is -2.30. The van der Waals surface area contributed by atoms with E-state index in [0.29, 0.717) is 10.4 Å². The molecule has 0 aliphatic rings. The van der Waals surface area contributed by atoms with Crippen molar-refractivity contribution in [2.75, 3.05) is 7.11 Å². The summed E-state index contributed by atoms with van der Waals surface area (Å²) in [5.41, 5.74) is 0. The van der Waals surface area contributed by atoms with Crippen molar-refractivity contribution in [2.45, 2.75) is 13.8 Å². The van der Waals surface area contributed by atoms with Gasteiger partial charge in [0.15, 0.2) is 5.75 Å². The largest absolute Gasteiger partial charge is 0.491 e. The summed E-state index contributed by atoms with van der Waals surface area (Å²) in [4.78, 5) is 0. The van der Waals surface area contributed by atoms with E-state index in [1.54, 1.807) is 19.2 Å². The molecule has 68 valence electrons. The van der Waals surface area contributed by atoms with Gasteiger partial charge in [-0.2, -0.15) is 0 Å². The zero-order valence-electron chi connectivity index (χ0n) is 7.41. The molecule has 1 aromatic rings. The average molecular weight is 235 g/mol. The van der Waals surface area contributed by atoms with Crippen LogP contribution in [0.3, 0.4) is 0 Å². The quantitative estimate of drug-likeness (QED) is 0.459. The molecular weight excluding hydrogens is 222 g/mol. The Morgan fingerprint density at radius 2 is 2.00 bits per heavy atom. The Kier molecular flexibility index (Phi) is 5.45. The van der Waals surface area contributed by atoms with Crippen LogP contribution in [0.1, 0.15) is 13.8 Å². The van der Waals surface area contributed by atoms with E-state index in [0.717, 1.165) is 4.73 Å². The molecule has 0 radical (unpaired) electrons. The Balaban J connectivity index is 0.000000561. The van der Waals surface area contributed by atoms with Gasteiger partial charge in [-0.1, -0.05) is 13.8 Å². The van der Waals surface area contributed by atoms with Crippen LogP contribution in [0.25, 0.3) is 0 Å². The van der Waals surface area contributed by atoms with Gasteiger partial charge in [0.25, 0.3) is 10.8 Å². The minimum atomic E-state index is 0.591. The smallest absolute Gasteiger partial charge is 0.298 e. The van der Waals surface area contributed by atoms with Gasteiger partial charge in [0.05, 0.1) is 7.11 Å². The highest BCUT2D eigenvalue weighted by atomic mass is 79.9. The normalized spacial score (nSPS) is 8.33. The van der Waals surface area contributed by atoms with Gasteiger partial charge in [-0.3, -0.25) is 5.21 Å². The Hall–Kier alpha value is -0.770. The summed E-state index contributed by atoms with van der Waals surface area (Å²) >= 11 is 3.12. The first-order valence-corrected chi connectivity index (χ1v) is 4.48. The molecule has 0 atom stereocenters. The Labute approximate surface area is 80.7 Å². The van der Waals surface area contributed by atoms with Crippen molar-refractivity contribution in [2.24, 2.45) is 0 Å². The fourth-order valence-corrected chi connectivity index (χ4v) is 0.808. The molecule has 0 spiro atoms. The number of pyridine rings is 1. The molecule has 3 nitrogen and oxygen atoms in total. The van der Waals surface area contributed by atoms with Gasteiger partial charge in [0, 0.05) is 26.7 Å². The second-order valence-electron chi connectivity index (χ2n) is 1.74. The SMILES string of the molecule is CC.COc1ccc(Br)[n+](O)c1. The molecule has 4 heteroatoms. The molecular formula is C8H13BrNO2+. The highest BCUT2D eigenvalue weighted by Crippen LogP contribution is 2.09. The molecule has 0 saturated carbocycles. The number of ether oxygens (including phenoxy) is 1. The third kappa shape index (κ3) is 3.09. The van der Waals surface area contributed by atoms with Gasteiger partial charge < -0.3 is 4.74 Å². The zero-order chi connectivity index (χ0) is 9.56. The maximum atomic E-state index is 9.02. The summed E-state index contributed by atoms with van der Waals surface area (Å²) in [5.74, 6) is 0.616. The average Bonchev–Trinajstić information content (AvgIpc) is 2.13. The Morgan fingerprint density at radius 1 is 1.42 bits per heavy atom. The molecule has 0 aromatic carbocycles. The predicted molar refractivity (Wildman–Crippen MR) is 49.4 cm³/mol. The van der Waals surface area contributed by atoms with E-state index in [1.165, 1.54) is 6.20 Å². The van der Waals surface area contributed by atoms with Crippen molar-refractivity contribution >= 4 is 15.9 Å². The Bertz CT molecular complexity index is 240. The lowest BCUT2D eigenvalue weighted by atomic mass is 10.5. The number of hydrogen-bond acceptors (Lipinski definition) is 2. The molecule has 12 heavy (non-hydrogen) atoms. The van der Waals surface area contributed by atoms with Crippen LogP contribution in [0.2, 0.25) is 0 Å². The lowest BCUT2D eigenvalue weighted by molar-refractivity contribution is -0.913. The van der Waals surface area contributed by atoms with E-state index in [2.05, 4.69) is 15.9 Å². The first-order valence-electron chi connectivity index (χ1n) is 3.68. The minimum absolute atomic E-state index is 0.591. The number of methoxy groups -OCH3 is 1.